The molecule has 0 unspecified atom stereocenters. The molecular weight excluding hydrogens is 550 g/mol. The summed E-state index contributed by atoms with van der Waals surface area (Å²) in [5.74, 6) is -0.202. The van der Waals surface area contributed by atoms with Gasteiger partial charge in [-0.15, -0.1) is 0 Å². The lowest BCUT2D eigenvalue weighted by Gasteiger charge is -2.37. The number of carbonyl (C=O) groups is 1. The van der Waals surface area contributed by atoms with Crippen LogP contribution in [0.2, 0.25) is 0 Å². The second-order valence-electron chi connectivity index (χ2n) is 12.1. The van der Waals surface area contributed by atoms with E-state index in [0.29, 0.717) is 17.2 Å². The first-order chi connectivity index (χ1) is 21.2. The molecule has 3 heterocycles. The molecule has 0 radical (unpaired) electrons. The number of likely N-dealkylation sites (N-methyl/N-ethyl adjacent to an activating group) is 2. The van der Waals surface area contributed by atoms with Crippen molar-refractivity contribution in [2.24, 2.45) is 0 Å². The third-order valence-corrected chi connectivity index (χ3v) is 8.93. The lowest BCUT2D eigenvalue weighted by atomic mass is 9.99. The van der Waals surface area contributed by atoms with Gasteiger partial charge in [0.05, 0.1) is 0 Å². The van der Waals surface area contributed by atoms with Crippen molar-refractivity contribution < 1.29 is 9.53 Å². The Morgan fingerprint density at radius 2 is 1.80 bits per heavy atom. The van der Waals surface area contributed by atoms with Gasteiger partial charge in [-0.3, -0.25) is 14.5 Å². The summed E-state index contributed by atoms with van der Waals surface area (Å²) < 4.78 is 5.63. The second kappa shape index (κ2) is 16.0. The highest BCUT2D eigenvalue weighted by atomic mass is 16.5. The van der Waals surface area contributed by atoms with Crippen LogP contribution in [0, 0.1) is 13.8 Å². The quantitative estimate of drug-likeness (QED) is 0.285. The van der Waals surface area contributed by atoms with E-state index in [1.54, 1.807) is 0 Å². The molecule has 0 bridgehead atoms. The zero-order valence-electron chi connectivity index (χ0n) is 27.5. The van der Waals surface area contributed by atoms with Gasteiger partial charge in [0.1, 0.15) is 0 Å². The number of rotatable bonds is 11. The monoisotopic (exact) mass is 601 g/mol. The van der Waals surface area contributed by atoms with Gasteiger partial charge in [-0.1, -0.05) is 36.4 Å². The highest BCUT2D eigenvalue weighted by Crippen LogP contribution is 2.27. The van der Waals surface area contributed by atoms with Crippen molar-refractivity contribution in [3.8, 4) is 0 Å². The molecule has 2 N–H and O–H groups in total. The maximum Gasteiger partial charge on any atom is 0.253 e. The summed E-state index contributed by atoms with van der Waals surface area (Å²) in [6.07, 6.45) is 7.97. The van der Waals surface area contributed by atoms with Gasteiger partial charge in [-0.05, 0) is 88.9 Å². The van der Waals surface area contributed by atoms with Gasteiger partial charge in [-0.25, -0.2) is 0 Å². The second-order valence-corrected chi connectivity index (χ2v) is 12.1. The smallest absolute Gasteiger partial charge is 0.253 e. The number of carbonyl (C=O) groups excluding carboxylic acids is 1. The Morgan fingerprint density at radius 1 is 1.11 bits per heavy atom. The van der Waals surface area contributed by atoms with Crippen molar-refractivity contribution in [3.63, 3.8) is 0 Å². The van der Waals surface area contributed by atoms with E-state index in [1.807, 2.05) is 45.9 Å². The molecule has 0 saturated carbocycles. The van der Waals surface area contributed by atoms with E-state index in [-0.39, 0.29) is 18.0 Å². The molecule has 2 aliphatic rings. The van der Waals surface area contributed by atoms with Crippen LogP contribution < -0.4 is 10.9 Å². The number of hydrogen-bond donors (Lipinski definition) is 2. The molecule has 238 valence electrons. The Labute approximate surface area is 263 Å². The van der Waals surface area contributed by atoms with Gasteiger partial charge in [0.15, 0.2) is 0 Å². The number of pyridine rings is 1. The van der Waals surface area contributed by atoms with Crippen LogP contribution >= 0.6 is 0 Å². The van der Waals surface area contributed by atoms with E-state index >= 15 is 0 Å². The first-order valence-corrected chi connectivity index (χ1v) is 16.1. The van der Waals surface area contributed by atoms with E-state index in [0.717, 1.165) is 93.4 Å². The van der Waals surface area contributed by atoms with Crippen LogP contribution in [0.25, 0.3) is 6.08 Å². The fraction of sp³-hybridized carbons (Fsp3) is 0.500. The molecule has 8 nitrogen and oxygen atoms in total. The SMILES string of the molecule is C\C=C(/C(C)=C(\C=C\c1ccc(CN2CCN(C)CC2)cc1)C(=O)NCc1c(C)cc(C)[nH]c1=O)N(CC)C1CCOCC1. The number of H-pyrrole nitrogens is 1. The average Bonchev–Trinajstić information content (AvgIpc) is 3.01. The number of aryl methyl sites for hydroxylation is 2. The summed E-state index contributed by atoms with van der Waals surface area (Å²) in [6.45, 7) is 17.8. The summed E-state index contributed by atoms with van der Waals surface area (Å²) in [7, 11) is 2.18. The Morgan fingerprint density at radius 3 is 2.41 bits per heavy atom. The van der Waals surface area contributed by atoms with Crippen LogP contribution in [0.4, 0.5) is 0 Å². The molecule has 1 aromatic carbocycles. The maximum atomic E-state index is 13.9. The molecule has 2 aliphatic heterocycles. The zero-order chi connectivity index (χ0) is 31.6. The van der Waals surface area contributed by atoms with Gasteiger partial charge in [0, 0.05) is 87.6 Å². The summed E-state index contributed by atoms with van der Waals surface area (Å²) in [6, 6.07) is 10.9. The van der Waals surface area contributed by atoms with Gasteiger partial charge in [0.2, 0.25) is 0 Å². The van der Waals surface area contributed by atoms with Crippen molar-refractivity contribution >= 4 is 12.0 Å². The lowest BCUT2D eigenvalue weighted by molar-refractivity contribution is -0.117. The number of aromatic amines is 1. The third kappa shape index (κ3) is 8.80. The number of aromatic nitrogens is 1. The molecule has 2 fully saturated rings. The zero-order valence-corrected chi connectivity index (χ0v) is 27.5. The highest BCUT2D eigenvalue weighted by molar-refractivity contribution is 5.98. The fourth-order valence-electron chi connectivity index (χ4n) is 6.27. The molecule has 0 atom stereocenters. The number of piperazine rings is 1. The van der Waals surface area contributed by atoms with Crippen molar-refractivity contribution in [1.29, 1.82) is 0 Å². The first kappa shape index (κ1) is 33.4. The maximum absolute atomic E-state index is 13.9. The van der Waals surface area contributed by atoms with Gasteiger partial charge < -0.3 is 24.8 Å². The van der Waals surface area contributed by atoms with Crippen LogP contribution in [-0.2, 0) is 22.6 Å². The minimum atomic E-state index is -0.202. The molecule has 8 heteroatoms. The van der Waals surface area contributed by atoms with Gasteiger partial charge in [0.25, 0.3) is 11.5 Å². The molecular formula is C36H51N5O3. The van der Waals surface area contributed by atoms with Crippen molar-refractivity contribution in [1.82, 2.24) is 25.0 Å². The average molecular weight is 602 g/mol. The van der Waals surface area contributed by atoms with E-state index in [4.69, 9.17) is 4.74 Å². The molecule has 1 aromatic heterocycles. The van der Waals surface area contributed by atoms with Crippen LogP contribution in [0.1, 0.15) is 61.6 Å². The summed E-state index contributed by atoms with van der Waals surface area (Å²) in [4.78, 5) is 36.6. The standard InChI is InChI=1S/C36H51N5O3/c1-7-34(41(8-2)31-15-21-44-22-16-31)28(5)32(35(42)37-24-33-26(3)23-27(4)38-36(33)43)14-13-29-9-11-30(12-10-29)25-40-19-17-39(6)18-20-40/h7,9-14,23,31H,8,15-22,24-25H2,1-6H3,(H,37,42)(H,38,43)/b14-13+,32-28+,34-7+. The minimum absolute atomic E-state index is 0.161. The third-order valence-electron chi connectivity index (χ3n) is 8.93. The van der Waals surface area contributed by atoms with E-state index in [2.05, 4.69) is 69.3 Å². The number of ether oxygens (including phenoxy) is 1. The first-order valence-electron chi connectivity index (χ1n) is 16.1. The number of nitrogens with zero attached hydrogens (tertiary/aromatic N) is 3. The summed E-state index contributed by atoms with van der Waals surface area (Å²) >= 11 is 0. The van der Waals surface area contributed by atoms with Crippen LogP contribution in [0.5, 0.6) is 0 Å². The normalized spacial score (nSPS) is 18.0. The minimum Gasteiger partial charge on any atom is -0.381 e. The fourth-order valence-corrected chi connectivity index (χ4v) is 6.27. The number of amides is 1. The molecule has 0 spiro atoms. The van der Waals surface area contributed by atoms with Gasteiger partial charge >= 0.3 is 0 Å². The summed E-state index contributed by atoms with van der Waals surface area (Å²) in [5, 5.41) is 3.05. The van der Waals surface area contributed by atoms with Crippen molar-refractivity contribution in [2.45, 2.75) is 66.6 Å². The number of hydrogen-bond acceptors (Lipinski definition) is 6. The van der Waals surface area contributed by atoms with Crippen molar-refractivity contribution in [2.75, 3.05) is 53.0 Å². The van der Waals surface area contributed by atoms with E-state index in [1.165, 1.54) is 5.56 Å². The number of benzene rings is 1. The number of nitrogens with one attached hydrogen (secondary N) is 2. The molecule has 4 rings (SSSR count). The van der Waals surface area contributed by atoms with Crippen LogP contribution in [0.3, 0.4) is 0 Å². The predicted molar refractivity (Wildman–Crippen MR) is 179 cm³/mol. The number of allylic oxidation sites excluding steroid dienone is 2. The predicted octanol–water partition coefficient (Wildman–Crippen LogP) is 4.79. The Hall–Kier alpha value is -3.46. The Balaban J connectivity index is 1.59. The highest BCUT2D eigenvalue weighted by Gasteiger charge is 2.25. The van der Waals surface area contributed by atoms with Gasteiger partial charge in [-0.2, -0.15) is 0 Å². The Bertz CT molecular complexity index is 1410. The molecule has 44 heavy (non-hydrogen) atoms. The van der Waals surface area contributed by atoms with E-state index in [9.17, 15) is 9.59 Å². The van der Waals surface area contributed by atoms with Crippen LogP contribution in [0.15, 0.2) is 64.1 Å². The molecule has 1 amide bonds. The molecule has 0 aliphatic carbocycles. The summed E-state index contributed by atoms with van der Waals surface area (Å²) in [5.41, 5.74) is 6.97. The topological polar surface area (TPSA) is 80.9 Å². The Kier molecular flexibility index (Phi) is 12.2. The molecule has 2 saturated heterocycles. The van der Waals surface area contributed by atoms with E-state index < -0.39 is 0 Å². The lowest BCUT2D eigenvalue weighted by Crippen LogP contribution is -2.43. The largest absolute Gasteiger partial charge is 0.381 e. The van der Waals surface area contributed by atoms with Crippen molar-refractivity contribution in [3.05, 3.63) is 97.6 Å². The molecule has 2 aromatic rings. The van der Waals surface area contributed by atoms with Crippen LogP contribution in [-0.4, -0.2) is 84.6 Å².